The summed E-state index contributed by atoms with van der Waals surface area (Å²) >= 11 is 6.12. The van der Waals surface area contributed by atoms with Crippen LogP contribution in [-0.2, 0) is 0 Å². The lowest BCUT2D eigenvalue weighted by molar-refractivity contribution is 0.111. The minimum Gasteiger partial charge on any atom is -0.296 e. The van der Waals surface area contributed by atoms with Crippen molar-refractivity contribution in [3.05, 3.63) is 40.2 Å². The summed E-state index contributed by atoms with van der Waals surface area (Å²) in [5.74, 6) is 0.403. The van der Waals surface area contributed by atoms with Gasteiger partial charge in [-0.3, -0.25) is 4.79 Å². The van der Waals surface area contributed by atoms with Crippen LogP contribution in [0.4, 0.5) is 0 Å². The minimum absolute atomic E-state index is 0.403. The third-order valence-corrected chi connectivity index (χ3v) is 3.62. The molecule has 0 bridgehead atoms. The van der Waals surface area contributed by atoms with Gasteiger partial charge in [0.1, 0.15) is 5.69 Å². The first kappa shape index (κ1) is 11.4. The summed E-state index contributed by atoms with van der Waals surface area (Å²) in [6.45, 7) is 1.95. The van der Waals surface area contributed by atoms with Gasteiger partial charge in [0.15, 0.2) is 6.29 Å². The van der Waals surface area contributed by atoms with Crippen molar-refractivity contribution in [2.45, 2.75) is 25.7 Å². The molecule has 0 aliphatic heterocycles. The van der Waals surface area contributed by atoms with Crippen LogP contribution >= 0.6 is 11.6 Å². The Morgan fingerprint density at radius 3 is 2.83 bits per heavy atom. The number of rotatable bonds is 3. The molecule has 0 saturated heterocycles. The summed E-state index contributed by atoms with van der Waals surface area (Å²) in [5, 5.41) is 8.68. The monoisotopic (exact) mass is 261 g/mol. The van der Waals surface area contributed by atoms with E-state index in [2.05, 4.69) is 10.3 Å². The van der Waals surface area contributed by atoms with Crippen molar-refractivity contribution in [1.29, 1.82) is 0 Å². The fourth-order valence-corrected chi connectivity index (χ4v) is 2.20. The van der Waals surface area contributed by atoms with E-state index < -0.39 is 0 Å². The normalized spacial score (nSPS) is 14.8. The second kappa shape index (κ2) is 4.21. The second-order valence-electron chi connectivity index (χ2n) is 4.60. The molecule has 5 heteroatoms. The van der Waals surface area contributed by atoms with Crippen molar-refractivity contribution in [2.24, 2.45) is 0 Å². The lowest BCUT2D eigenvalue weighted by Crippen LogP contribution is -2.02. The van der Waals surface area contributed by atoms with Gasteiger partial charge < -0.3 is 0 Å². The van der Waals surface area contributed by atoms with Crippen molar-refractivity contribution in [2.75, 3.05) is 0 Å². The van der Waals surface area contributed by atoms with Gasteiger partial charge in [0, 0.05) is 10.9 Å². The number of hydrogen-bond acceptors (Lipinski definition) is 3. The molecule has 1 aliphatic rings. The Balaban J connectivity index is 2.13. The second-order valence-corrected chi connectivity index (χ2v) is 5.00. The van der Waals surface area contributed by atoms with E-state index in [-0.39, 0.29) is 0 Å². The van der Waals surface area contributed by atoms with Crippen LogP contribution in [0, 0.1) is 6.92 Å². The maximum Gasteiger partial charge on any atom is 0.172 e. The van der Waals surface area contributed by atoms with Gasteiger partial charge in [-0.15, -0.1) is 5.10 Å². The molecule has 0 unspecified atom stereocenters. The molecular formula is C13H12ClN3O. The van der Waals surface area contributed by atoms with Crippen LogP contribution < -0.4 is 0 Å². The van der Waals surface area contributed by atoms with E-state index in [0.717, 1.165) is 36.1 Å². The Morgan fingerprint density at radius 1 is 1.44 bits per heavy atom. The van der Waals surface area contributed by atoms with Gasteiger partial charge in [-0.1, -0.05) is 22.9 Å². The fourth-order valence-electron chi connectivity index (χ4n) is 2.03. The van der Waals surface area contributed by atoms with E-state index in [9.17, 15) is 4.79 Å². The number of carbonyl (C=O) groups is 1. The fraction of sp³-hybridized carbons (Fsp3) is 0.308. The van der Waals surface area contributed by atoms with E-state index in [1.165, 1.54) is 0 Å². The zero-order valence-corrected chi connectivity index (χ0v) is 10.7. The molecule has 1 aliphatic carbocycles. The van der Waals surface area contributed by atoms with Gasteiger partial charge in [0.25, 0.3) is 0 Å². The van der Waals surface area contributed by atoms with E-state index in [1.807, 2.05) is 25.1 Å². The molecule has 1 saturated carbocycles. The van der Waals surface area contributed by atoms with Crippen LogP contribution in [-0.4, -0.2) is 21.3 Å². The largest absolute Gasteiger partial charge is 0.296 e. The van der Waals surface area contributed by atoms with Crippen LogP contribution in [0.5, 0.6) is 0 Å². The molecule has 0 N–H and O–H groups in total. The number of nitrogens with zero attached hydrogens (tertiary/aromatic N) is 3. The van der Waals surface area contributed by atoms with Crippen molar-refractivity contribution in [3.63, 3.8) is 0 Å². The topological polar surface area (TPSA) is 47.8 Å². The van der Waals surface area contributed by atoms with Gasteiger partial charge in [-0.05, 0) is 37.5 Å². The summed E-state index contributed by atoms with van der Waals surface area (Å²) in [6, 6.07) is 5.74. The number of halogens is 1. The number of aldehydes is 1. The molecule has 0 atom stereocenters. The number of carbonyl (C=O) groups excluding carboxylic acids is 1. The van der Waals surface area contributed by atoms with Crippen LogP contribution in [0.1, 0.15) is 40.5 Å². The molecule has 2 aromatic rings. The molecular weight excluding hydrogens is 250 g/mol. The lowest BCUT2D eigenvalue weighted by Gasteiger charge is -2.07. The van der Waals surface area contributed by atoms with Crippen molar-refractivity contribution in [3.8, 4) is 5.69 Å². The molecule has 0 radical (unpaired) electrons. The maximum atomic E-state index is 11.0. The molecule has 0 amide bonds. The van der Waals surface area contributed by atoms with Crippen LogP contribution in [0.2, 0.25) is 5.02 Å². The molecule has 1 heterocycles. The first-order valence-corrected chi connectivity index (χ1v) is 6.26. The molecule has 3 rings (SSSR count). The highest BCUT2D eigenvalue weighted by Gasteiger charge is 2.31. The Kier molecular flexibility index (Phi) is 2.67. The number of aryl methyl sites for hydroxylation is 1. The summed E-state index contributed by atoms with van der Waals surface area (Å²) in [5.41, 5.74) is 3.22. The Labute approximate surface area is 110 Å². The molecule has 18 heavy (non-hydrogen) atoms. The average Bonchev–Trinajstić information content (AvgIpc) is 3.12. The third kappa shape index (κ3) is 1.82. The van der Waals surface area contributed by atoms with Gasteiger partial charge in [-0.25, -0.2) is 4.68 Å². The number of aromatic nitrogens is 3. The van der Waals surface area contributed by atoms with Gasteiger partial charge in [0.05, 0.1) is 11.4 Å². The van der Waals surface area contributed by atoms with Gasteiger partial charge >= 0.3 is 0 Å². The molecule has 0 spiro atoms. The Hall–Kier alpha value is -1.68. The predicted molar refractivity (Wildman–Crippen MR) is 68.5 cm³/mol. The summed E-state index contributed by atoms with van der Waals surface area (Å²) < 4.78 is 1.73. The quantitative estimate of drug-likeness (QED) is 0.798. The molecule has 4 nitrogen and oxygen atoms in total. The van der Waals surface area contributed by atoms with Crippen LogP contribution in [0.15, 0.2) is 18.2 Å². The molecule has 1 fully saturated rings. The smallest absolute Gasteiger partial charge is 0.172 e. The minimum atomic E-state index is 0.403. The van der Waals surface area contributed by atoms with Gasteiger partial charge in [-0.2, -0.15) is 0 Å². The standard InChI is InChI=1S/C13H12ClN3O/c1-8-2-5-10(6-11(8)14)17-13(9-3-4-9)12(7-18)15-16-17/h2,5-7,9H,3-4H2,1H3. The van der Waals surface area contributed by atoms with E-state index in [4.69, 9.17) is 11.6 Å². The van der Waals surface area contributed by atoms with E-state index >= 15 is 0 Å². The first-order valence-electron chi connectivity index (χ1n) is 5.88. The maximum absolute atomic E-state index is 11.0. The lowest BCUT2D eigenvalue weighted by atomic mass is 10.2. The van der Waals surface area contributed by atoms with Crippen molar-refractivity contribution in [1.82, 2.24) is 15.0 Å². The number of benzene rings is 1. The Bertz CT molecular complexity index is 617. The highest BCUT2D eigenvalue weighted by molar-refractivity contribution is 6.31. The SMILES string of the molecule is Cc1ccc(-n2nnc(C=O)c2C2CC2)cc1Cl. The van der Waals surface area contributed by atoms with Crippen LogP contribution in [0.3, 0.4) is 0 Å². The van der Waals surface area contributed by atoms with E-state index in [0.29, 0.717) is 16.6 Å². The highest BCUT2D eigenvalue weighted by atomic mass is 35.5. The number of hydrogen-bond donors (Lipinski definition) is 0. The zero-order valence-electron chi connectivity index (χ0n) is 9.93. The average molecular weight is 262 g/mol. The first-order chi connectivity index (χ1) is 8.70. The third-order valence-electron chi connectivity index (χ3n) is 3.21. The van der Waals surface area contributed by atoms with Crippen molar-refractivity contribution < 1.29 is 4.79 Å². The summed E-state index contributed by atoms with van der Waals surface area (Å²) in [6.07, 6.45) is 2.95. The highest BCUT2D eigenvalue weighted by Crippen LogP contribution is 2.41. The zero-order chi connectivity index (χ0) is 12.7. The summed E-state index contributed by atoms with van der Waals surface area (Å²) in [4.78, 5) is 11.0. The van der Waals surface area contributed by atoms with Crippen molar-refractivity contribution >= 4 is 17.9 Å². The van der Waals surface area contributed by atoms with Crippen LogP contribution in [0.25, 0.3) is 5.69 Å². The van der Waals surface area contributed by atoms with E-state index in [1.54, 1.807) is 4.68 Å². The Morgan fingerprint density at radius 2 is 2.22 bits per heavy atom. The van der Waals surface area contributed by atoms with Gasteiger partial charge in [0.2, 0.25) is 0 Å². The predicted octanol–water partition coefficient (Wildman–Crippen LogP) is 2.92. The molecule has 1 aromatic heterocycles. The molecule has 92 valence electrons. The summed E-state index contributed by atoms with van der Waals surface area (Å²) in [7, 11) is 0. The molecule has 1 aromatic carbocycles.